The topological polar surface area (TPSA) is 43.6 Å². The zero-order valence-electron chi connectivity index (χ0n) is 9.77. The van der Waals surface area contributed by atoms with Crippen molar-refractivity contribution in [3.63, 3.8) is 0 Å². The van der Waals surface area contributed by atoms with E-state index in [4.69, 9.17) is 0 Å². The predicted octanol–water partition coefficient (Wildman–Crippen LogP) is 2.39. The van der Waals surface area contributed by atoms with Crippen LogP contribution in [0.15, 0.2) is 61.3 Å². The molecule has 0 aliphatic carbocycles. The fourth-order valence-electron chi connectivity index (χ4n) is 1.85. The Labute approximate surface area is 105 Å². The van der Waals surface area contributed by atoms with Crippen LogP contribution < -0.4 is 0 Å². The molecule has 3 aromatic heterocycles. The number of pyridine rings is 2. The van der Waals surface area contributed by atoms with Gasteiger partial charge in [0, 0.05) is 31.0 Å². The minimum atomic E-state index is 0.750. The Morgan fingerprint density at radius 2 is 1.94 bits per heavy atom. The monoisotopic (exact) mass is 236 g/mol. The molecule has 0 aliphatic heterocycles. The Balaban J connectivity index is 1.93. The van der Waals surface area contributed by atoms with E-state index in [2.05, 4.69) is 25.6 Å². The summed E-state index contributed by atoms with van der Waals surface area (Å²) in [4.78, 5) is 12.8. The Kier molecular flexibility index (Phi) is 2.84. The van der Waals surface area contributed by atoms with Crippen molar-refractivity contribution in [3.8, 4) is 11.5 Å². The van der Waals surface area contributed by atoms with Crippen molar-refractivity contribution in [2.24, 2.45) is 0 Å². The number of imidazole rings is 1. The highest BCUT2D eigenvalue weighted by molar-refractivity contribution is 5.49. The highest BCUT2D eigenvalue weighted by Crippen LogP contribution is 2.15. The van der Waals surface area contributed by atoms with E-state index in [1.165, 1.54) is 0 Å². The first-order valence-electron chi connectivity index (χ1n) is 5.75. The molecule has 0 amide bonds. The van der Waals surface area contributed by atoms with E-state index in [9.17, 15) is 0 Å². The summed E-state index contributed by atoms with van der Waals surface area (Å²) in [5.74, 6) is 0.874. The predicted molar refractivity (Wildman–Crippen MR) is 68.8 cm³/mol. The molecule has 3 heterocycles. The van der Waals surface area contributed by atoms with Gasteiger partial charge in [0.2, 0.25) is 0 Å². The van der Waals surface area contributed by atoms with Gasteiger partial charge in [-0.2, -0.15) is 0 Å². The molecule has 3 aromatic rings. The lowest BCUT2D eigenvalue weighted by Gasteiger charge is -2.06. The number of hydrogen-bond acceptors (Lipinski definition) is 3. The van der Waals surface area contributed by atoms with Crippen LogP contribution in [0.1, 0.15) is 5.56 Å². The van der Waals surface area contributed by atoms with Gasteiger partial charge in [-0.05, 0) is 23.8 Å². The van der Waals surface area contributed by atoms with Crippen LogP contribution in [0.25, 0.3) is 11.5 Å². The van der Waals surface area contributed by atoms with E-state index >= 15 is 0 Å². The van der Waals surface area contributed by atoms with Gasteiger partial charge in [0.25, 0.3) is 0 Å². The summed E-state index contributed by atoms with van der Waals surface area (Å²) in [6, 6.07) is 9.81. The van der Waals surface area contributed by atoms with Crippen molar-refractivity contribution in [3.05, 3.63) is 66.9 Å². The van der Waals surface area contributed by atoms with E-state index in [0.717, 1.165) is 23.6 Å². The summed E-state index contributed by atoms with van der Waals surface area (Å²) < 4.78 is 2.07. The summed E-state index contributed by atoms with van der Waals surface area (Å²) in [6.45, 7) is 0.750. The van der Waals surface area contributed by atoms with Crippen LogP contribution in [0.2, 0.25) is 0 Å². The molecular weight excluding hydrogens is 224 g/mol. The van der Waals surface area contributed by atoms with Crippen molar-refractivity contribution in [1.29, 1.82) is 0 Å². The Morgan fingerprint density at radius 1 is 0.944 bits per heavy atom. The smallest absolute Gasteiger partial charge is 0.158 e. The van der Waals surface area contributed by atoms with E-state index in [0.29, 0.717) is 0 Å². The number of hydrogen-bond donors (Lipinski definition) is 0. The fraction of sp³-hybridized carbons (Fsp3) is 0.0714. The Hall–Kier alpha value is -2.49. The zero-order valence-corrected chi connectivity index (χ0v) is 9.77. The molecule has 4 nitrogen and oxygen atoms in total. The first kappa shape index (κ1) is 10.7. The van der Waals surface area contributed by atoms with Crippen molar-refractivity contribution in [2.45, 2.75) is 6.54 Å². The Morgan fingerprint density at radius 3 is 2.72 bits per heavy atom. The summed E-state index contributed by atoms with van der Waals surface area (Å²) >= 11 is 0. The third-order valence-corrected chi connectivity index (χ3v) is 2.69. The molecule has 0 unspecified atom stereocenters. The van der Waals surface area contributed by atoms with Gasteiger partial charge in [0.05, 0.1) is 6.54 Å². The van der Waals surface area contributed by atoms with E-state index in [1.54, 1.807) is 18.6 Å². The molecule has 0 aliphatic rings. The molecule has 0 N–H and O–H groups in total. The summed E-state index contributed by atoms with van der Waals surface area (Å²) in [6.07, 6.45) is 9.16. The van der Waals surface area contributed by atoms with Crippen molar-refractivity contribution < 1.29 is 0 Å². The SMILES string of the molecule is c1ccc(-c2nccn2Cc2cccnc2)nc1. The lowest BCUT2D eigenvalue weighted by molar-refractivity contribution is 0.799. The van der Waals surface area contributed by atoms with Crippen LogP contribution in [0.5, 0.6) is 0 Å². The van der Waals surface area contributed by atoms with Crippen molar-refractivity contribution in [2.75, 3.05) is 0 Å². The van der Waals surface area contributed by atoms with Gasteiger partial charge in [-0.15, -0.1) is 0 Å². The minimum Gasteiger partial charge on any atom is -0.325 e. The van der Waals surface area contributed by atoms with Crippen LogP contribution in [0.3, 0.4) is 0 Å². The largest absolute Gasteiger partial charge is 0.325 e. The number of aromatic nitrogens is 4. The number of rotatable bonds is 3. The second-order valence-electron chi connectivity index (χ2n) is 3.96. The van der Waals surface area contributed by atoms with Crippen LogP contribution in [-0.4, -0.2) is 19.5 Å². The normalized spacial score (nSPS) is 10.4. The lowest BCUT2D eigenvalue weighted by atomic mass is 10.2. The molecule has 0 atom stereocenters. The van der Waals surface area contributed by atoms with E-state index in [-0.39, 0.29) is 0 Å². The summed E-state index contributed by atoms with van der Waals surface area (Å²) in [5, 5.41) is 0. The quantitative estimate of drug-likeness (QED) is 0.701. The van der Waals surface area contributed by atoms with Crippen LogP contribution in [0.4, 0.5) is 0 Å². The third kappa shape index (κ3) is 2.13. The molecule has 18 heavy (non-hydrogen) atoms. The molecule has 4 heteroatoms. The van der Waals surface area contributed by atoms with Crippen LogP contribution >= 0.6 is 0 Å². The molecule has 3 rings (SSSR count). The molecule has 0 saturated heterocycles. The molecular formula is C14H12N4. The maximum absolute atomic E-state index is 4.36. The maximum atomic E-state index is 4.36. The second kappa shape index (κ2) is 4.79. The molecule has 0 radical (unpaired) electrons. The van der Waals surface area contributed by atoms with Crippen molar-refractivity contribution in [1.82, 2.24) is 19.5 Å². The standard InChI is InChI=1S/C14H12N4/c1-2-7-16-13(5-1)14-17-8-9-18(14)11-12-4-3-6-15-10-12/h1-10H,11H2. The maximum Gasteiger partial charge on any atom is 0.158 e. The second-order valence-corrected chi connectivity index (χ2v) is 3.96. The van der Waals surface area contributed by atoms with E-state index in [1.807, 2.05) is 36.7 Å². The average molecular weight is 236 g/mol. The van der Waals surface area contributed by atoms with Gasteiger partial charge in [0.15, 0.2) is 5.82 Å². The molecule has 0 aromatic carbocycles. The van der Waals surface area contributed by atoms with Gasteiger partial charge < -0.3 is 4.57 Å². The number of nitrogens with zero attached hydrogens (tertiary/aromatic N) is 4. The van der Waals surface area contributed by atoms with Gasteiger partial charge >= 0.3 is 0 Å². The van der Waals surface area contributed by atoms with Gasteiger partial charge in [0.1, 0.15) is 5.69 Å². The van der Waals surface area contributed by atoms with E-state index < -0.39 is 0 Å². The van der Waals surface area contributed by atoms with Crippen LogP contribution in [-0.2, 0) is 6.54 Å². The summed E-state index contributed by atoms with van der Waals surface area (Å²) in [7, 11) is 0. The third-order valence-electron chi connectivity index (χ3n) is 2.69. The highest BCUT2D eigenvalue weighted by atomic mass is 15.1. The molecule has 0 fully saturated rings. The molecule has 0 bridgehead atoms. The average Bonchev–Trinajstić information content (AvgIpc) is 2.89. The van der Waals surface area contributed by atoms with Gasteiger partial charge in [-0.1, -0.05) is 12.1 Å². The minimum absolute atomic E-state index is 0.750. The van der Waals surface area contributed by atoms with Gasteiger partial charge in [-0.3, -0.25) is 9.97 Å². The fourth-order valence-corrected chi connectivity index (χ4v) is 1.85. The highest BCUT2D eigenvalue weighted by Gasteiger charge is 2.06. The zero-order chi connectivity index (χ0) is 12.2. The molecule has 0 spiro atoms. The molecule has 0 saturated carbocycles. The van der Waals surface area contributed by atoms with Crippen molar-refractivity contribution >= 4 is 0 Å². The first-order chi connectivity index (χ1) is 8.93. The molecule has 88 valence electrons. The first-order valence-corrected chi connectivity index (χ1v) is 5.75. The Bertz CT molecular complexity index is 617. The van der Waals surface area contributed by atoms with Crippen LogP contribution in [0, 0.1) is 0 Å². The lowest BCUT2D eigenvalue weighted by Crippen LogP contribution is -2.02. The summed E-state index contributed by atoms with van der Waals surface area (Å²) in [5.41, 5.74) is 2.03. The van der Waals surface area contributed by atoms with Gasteiger partial charge in [-0.25, -0.2) is 4.98 Å².